The molecule has 0 unspecified atom stereocenters. The third-order valence-corrected chi connectivity index (χ3v) is 6.95. The summed E-state index contributed by atoms with van der Waals surface area (Å²) in [6, 6.07) is 15.5. The lowest BCUT2D eigenvalue weighted by Gasteiger charge is -2.20. The molecule has 2 aromatic heterocycles. The molecule has 5 aromatic rings. The molecule has 192 valence electrons. The molecule has 7 heteroatoms. The quantitative estimate of drug-likeness (QED) is 0.234. The van der Waals surface area contributed by atoms with Crippen LogP contribution in [0.5, 0.6) is 0 Å². The number of Topliss-reactive ketones (excluding diaryl/α,β-unsaturated/α-hetero) is 1. The van der Waals surface area contributed by atoms with E-state index in [0.717, 1.165) is 44.9 Å². The Morgan fingerprint density at radius 2 is 1.63 bits per heavy atom. The molecule has 3 aromatic carbocycles. The molecular formula is C31H28F2N4O. The van der Waals surface area contributed by atoms with Crippen molar-refractivity contribution in [1.29, 1.82) is 0 Å². The van der Waals surface area contributed by atoms with Crippen molar-refractivity contribution in [3.05, 3.63) is 113 Å². The van der Waals surface area contributed by atoms with Gasteiger partial charge in [-0.3, -0.25) is 4.79 Å². The highest BCUT2D eigenvalue weighted by molar-refractivity contribution is 5.83. The number of hydrogen-bond acceptors (Lipinski definition) is 4. The first-order valence-corrected chi connectivity index (χ1v) is 12.5. The number of nitrogens with zero attached hydrogens (tertiary/aromatic N) is 4. The van der Waals surface area contributed by atoms with Crippen LogP contribution >= 0.6 is 0 Å². The largest absolute Gasteiger partial charge is 0.323 e. The molecular weight excluding hydrogens is 482 g/mol. The van der Waals surface area contributed by atoms with Crippen LogP contribution in [0.1, 0.15) is 40.3 Å². The molecule has 0 amide bonds. The second-order valence-electron chi connectivity index (χ2n) is 9.91. The number of fused-ring (bicyclic) bond motifs is 1. The fourth-order valence-corrected chi connectivity index (χ4v) is 4.87. The van der Waals surface area contributed by atoms with Crippen LogP contribution in [0.25, 0.3) is 22.2 Å². The molecule has 0 aliphatic carbocycles. The summed E-state index contributed by atoms with van der Waals surface area (Å²) >= 11 is 0. The highest BCUT2D eigenvalue weighted by Gasteiger charge is 2.23. The summed E-state index contributed by atoms with van der Waals surface area (Å²) in [7, 11) is 0. The fourth-order valence-electron chi connectivity index (χ4n) is 4.87. The Bertz CT molecular complexity index is 1610. The van der Waals surface area contributed by atoms with Gasteiger partial charge in [0.05, 0.1) is 29.6 Å². The van der Waals surface area contributed by atoms with Gasteiger partial charge in [0.15, 0.2) is 5.78 Å². The third kappa shape index (κ3) is 5.52. The van der Waals surface area contributed by atoms with E-state index < -0.39 is 17.6 Å². The predicted octanol–water partition coefficient (Wildman–Crippen LogP) is 6.68. The maximum Gasteiger partial charge on any atom is 0.153 e. The van der Waals surface area contributed by atoms with Gasteiger partial charge in [0.1, 0.15) is 18.0 Å². The Morgan fingerprint density at radius 1 is 0.921 bits per heavy atom. The van der Waals surface area contributed by atoms with Crippen molar-refractivity contribution in [2.24, 2.45) is 0 Å². The number of ketones is 1. The van der Waals surface area contributed by atoms with E-state index >= 15 is 0 Å². The predicted molar refractivity (Wildman–Crippen MR) is 144 cm³/mol. The molecule has 1 atom stereocenters. The number of benzene rings is 3. The first-order chi connectivity index (χ1) is 18.3. The van der Waals surface area contributed by atoms with Crippen LogP contribution in [0, 0.1) is 32.4 Å². The SMILES string of the molecule is Cc1ccc(-c2cncnc2[C@@H](CC(=O)Cn2cnc3cc(C)c(C)cc32)Cc2cc(F)cc(F)c2)cc1. The second-order valence-corrected chi connectivity index (χ2v) is 9.91. The molecule has 0 bridgehead atoms. The van der Waals surface area contributed by atoms with Crippen molar-refractivity contribution >= 4 is 16.8 Å². The first kappa shape index (κ1) is 25.4. The summed E-state index contributed by atoms with van der Waals surface area (Å²) < 4.78 is 29.9. The summed E-state index contributed by atoms with van der Waals surface area (Å²) in [6.45, 7) is 6.21. The topological polar surface area (TPSA) is 60.7 Å². The van der Waals surface area contributed by atoms with E-state index in [4.69, 9.17) is 0 Å². The van der Waals surface area contributed by atoms with Gasteiger partial charge in [-0.05, 0) is 73.7 Å². The molecule has 0 aliphatic heterocycles. The Labute approximate surface area is 220 Å². The molecule has 0 saturated carbocycles. The second kappa shape index (κ2) is 10.6. The van der Waals surface area contributed by atoms with Crippen LogP contribution in [0.4, 0.5) is 8.78 Å². The summed E-state index contributed by atoms with van der Waals surface area (Å²) in [6.07, 6.45) is 5.24. The number of hydrogen-bond donors (Lipinski definition) is 0. The number of aryl methyl sites for hydroxylation is 3. The first-order valence-electron chi connectivity index (χ1n) is 12.5. The van der Waals surface area contributed by atoms with Crippen molar-refractivity contribution in [3.8, 4) is 11.1 Å². The molecule has 0 fully saturated rings. The van der Waals surface area contributed by atoms with Crippen LogP contribution < -0.4 is 0 Å². The normalized spacial score (nSPS) is 12.1. The number of imidazole rings is 1. The molecule has 5 nitrogen and oxygen atoms in total. The minimum Gasteiger partial charge on any atom is -0.323 e. The van der Waals surface area contributed by atoms with Gasteiger partial charge in [-0.1, -0.05) is 29.8 Å². The molecule has 0 spiro atoms. The standard InChI is InChI=1S/C31H28F2N4O/c1-19-4-6-23(7-5-19)28-15-34-17-35-31(28)24(10-22-11-25(32)14-26(33)12-22)13-27(38)16-37-18-36-29-8-20(2)21(3)9-30(29)37/h4-9,11-12,14-15,17-18,24H,10,13,16H2,1-3H3/t24-/m1/s1. The Morgan fingerprint density at radius 3 is 2.37 bits per heavy atom. The van der Waals surface area contributed by atoms with E-state index in [9.17, 15) is 13.6 Å². The molecule has 0 aliphatic rings. The average Bonchev–Trinajstić information content (AvgIpc) is 3.24. The minimum absolute atomic E-state index is 0.0297. The smallest absolute Gasteiger partial charge is 0.153 e. The van der Waals surface area contributed by atoms with Crippen molar-refractivity contribution < 1.29 is 13.6 Å². The highest BCUT2D eigenvalue weighted by atomic mass is 19.1. The van der Waals surface area contributed by atoms with Gasteiger partial charge in [0.25, 0.3) is 0 Å². The van der Waals surface area contributed by atoms with Crippen molar-refractivity contribution in [2.75, 3.05) is 0 Å². The number of aromatic nitrogens is 4. The third-order valence-electron chi connectivity index (χ3n) is 6.95. The maximum absolute atomic E-state index is 14.0. The van der Waals surface area contributed by atoms with Crippen molar-refractivity contribution in [3.63, 3.8) is 0 Å². The van der Waals surface area contributed by atoms with Gasteiger partial charge in [-0.15, -0.1) is 0 Å². The molecule has 0 radical (unpaired) electrons. The molecule has 38 heavy (non-hydrogen) atoms. The lowest BCUT2D eigenvalue weighted by atomic mass is 9.87. The number of carbonyl (C=O) groups excluding carboxylic acids is 1. The van der Waals surface area contributed by atoms with Gasteiger partial charge in [-0.25, -0.2) is 23.7 Å². The molecule has 2 heterocycles. The Hall–Kier alpha value is -4.26. The van der Waals surface area contributed by atoms with E-state index in [1.807, 2.05) is 61.7 Å². The van der Waals surface area contributed by atoms with E-state index in [2.05, 4.69) is 15.0 Å². The number of halogens is 2. The fraction of sp³-hybridized carbons (Fsp3) is 0.226. The van der Waals surface area contributed by atoms with Crippen LogP contribution in [-0.4, -0.2) is 25.3 Å². The highest BCUT2D eigenvalue weighted by Crippen LogP contribution is 2.32. The van der Waals surface area contributed by atoms with E-state index in [0.29, 0.717) is 11.3 Å². The zero-order chi connectivity index (χ0) is 26.8. The summed E-state index contributed by atoms with van der Waals surface area (Å²) in [4.78, 5) is 26.7. The van der Waals surface area contributed by atoms with Crippen LogP contribution in [-0.2, 0) is 17.8 Å². The summed E-state index contributed by atoms with van der Waals surface area (Å²) in [5.74, 6) is -1.75. The van der Waals surface area contributed by atoms with E-state index in [1.165, 1.54) is 18.5 Å². The minimum atomic E-state index is -0.651. The van der Waals surface area contributed by atoms with Crippen LogP contribution in [0.2, 0.25) is 0 Å². The van der Waals surface area contributed by atoms with Crippen LogP contribution in [0.15, 0.2) is 73.4 Å². The summed E-state index contributed by atoms with van der Waals surface area (Å²) in [5, 5.41) is 0. The zero-order valence-electron chi connectivity index (χ0n) is 21.6. The average molecular weight is 511 g/mol. The van der Waals surface area contributed by atoms with Gasteiger partial charge >= 0.3 is 0 Å². The Kier molecular flexibility index (Phi) is 7.09. The lowest BCUT2D eigenvalue weighted by molar-refractivity contribution is -0.120. The van der Waals surface area contributed by atoms with E-state index in [-0.39, 0.29) is 25.2 Å². The maximum atomic E-state index is 14.0. The monoisotopic (exact) mass is 510 g/mol. The van der Waals surface area contributed by atoms with Crippen molar-refractivity contribution in [1.82, 2.24) is 19.5 Å². The summed E-state index contributed by atoms with van der Waals surface area (Å²) in [5.41, 5.74) is 7.97. The zero-order valence-corrected chi connectivity index (χ0v) is 21.6. The van der Waals surface area contributed by atoms with Gasteiger partial charge in [-0.2, -0.15) is 0 Å². The van der Waals surface area contributed by atoms with E-state index in [1.54, 1.807) is 12.5 Å². The van der Waals surface area contributed by atoms with Crippen molar-refractivity contribution in [2.45, 2.75) is 46.1 Å². The molecule has 0 N–H and O–H groups in total. The number of rotatable bonds is 8. The van der Waals surface area contributed by atoms with Crippen LogP contribution in [0.3, 0.4) is 0 Å². The van der Waals surface area contributed by atoms with Gasteiger partial charge < -0.3 is 4.57 Å². The van der Waals surface area contributed by atoms with Gasteiger partial charge in [0.2, 0.25) is 0 Å². The number of carbonyl (C=O) groups is 1. The van der Waals surface area contributed by atoms with Gasteiger partial charge in [0, 0.05) is 30.2 Å². The molecule has 5 rings (SSSR count). The Balaban J connectivity index is 1.49. The lowest BCUT2D eigenvalue weighted by Crippen LogP contribution is -2.17. The molecule has 0 saturated heterocycles.